The van der Waals surface area contributed by atoms with Crippen LogP contribution in [0.25, 0.3) is 0 Å². The van der Waals surface area contributed by atoms with Gasteiger partial charge in [-0.3, -0.25) is 4.79 Å². The summed E-state index contributed by atoms with van der Waals surface area (Å²) in [5.74, 6) is -0.804. The van der Waals surface area contributed by atoms with Crippen molar-refractivity contribution in [2.45, 2.75) is 148 Å². The van der Waals surface area contributed by atoms with Crippen molar-refractivity contribution >= 4 is 5.97 Å². The van der Waals surface area contributed by atoms with Gasteiger partial charge < -0.3 is 10.8 Å². The van der Waals surface area contributed by atoms with Crippen molar-refractivity contribution in [1.82, 2.24) is 0 Å². The predicted molar refractivity (Wildman–Crippen MR) is 118 cm³/mol. The Morgan fingerprint density at radius 1 is 0.593 bits per heavy atom. The number of carboxylic acid groups (broad SMARTS) is 1. The number of unbranched alkanes of at least 4 members (excludes halogenated alkanes) is 16. The van der Waals surface area contributed by atoms with Gasteiger partial charge in [0.1, 0.15) is 5.54 Å². The summed E-state index contributed by atoms with van der Waals surface area (Å²) in [5.41, 5.74) is 5.23. The molecular weight excluding hydrogens is 334 g/mol. The molecule has 0 aromatic carbocycles. The molecule has 0 fully saturated rings. The maximum atomic E-state index is 11.6. The summed E-state index contributed by atoms with van der Waals surface area (Å²) < 4.78 is 0. The molecule has 162 valence electrons. The Hall–Kier alpha value is -0.570. The smallest absolute Gasteiger partial charge is 0.323 e. The van der Waals surface area contributed by atoms with Crippen LogP contribution in [0.15, 0.2) is 0 Å². The van der Waals surface area contributed by atoms with E-state index in [1.54, 1.807) is 0 Å². The standard InChI is InChI=1S/C24H49NO2/c1-3-5-7-9-11-13-14-16-18-20-22-24(25,23(26)27)21-19-17-15-12-10-8-6-4-2/h3-22,25H2,1-2H3,(H,26,27). The van der Waals surface area contributed by atoms with E-state index in [-0.39, 0.29) is 0 Å². The monoisotopic (exact) mass is 383 g/mol. The molecule has 1 unspecified atom stereocenters. The molecule has 0 spiro atoms. The lowest BCUT2D eigenvalue weighted by Crippen LogP contribution is -2.47. The first-order valence-corrected chi connectivity index (χ1v) is 12.1. The van der Waals surface area contributed by atoms with E-state index in [0.717, 1.165) is 25.7 Å². The van der Waals surface area contributed by atoms with Crippen molar-refractivity contribution in [2.24, 2.45) is 5.73 Å². The van der Waals surface area contributed by atoms with Crippen molar-refractivity contribution in [3.63, 3.8) is 0 Å². The summed E-state index contributed by atoms with van der Waals surface area (Å²) in [4.78, 5) is 11.6. The van der Waals surface area contributed by atoms with Gasteiger partial charge in [-0.25, -0.2) is 0 Å². The van der Waals surface area contributed by atoms with Gasteiger partial charge in [0, 0.05) is 0 Å². The SMILES string of the molecule is CCCCCCCCCCCCC(N)(CCCCCCCCCC)C(=O)O. The third kappa shape index (κ3) is 16.1. The van der Waals surface area contributed by atoms with Gasteiger partial charge in [0.25, 0.3) is 0 Å². The quantitative estimate of drug-likeness (QED) is 0.200. The molecule has 0 aliphatic rings. The minimum atomic E-state index is -0.998. The van der Waals surface area contributed by atoms with E-state index in [2.05, 4.69) is 13.8 Å². The largest absolute Gasteiger partial charge is 0.480 e. The Bertz CT molecular complexity index is 332. The number of carbonyl (C=O) groups is 1. The maximum absolute atomic E-state index is 11.6. The lowest BCUT2D eigenvalue weighted by Gasteiger charge is -2.24. The third-order valence-electron chi connectivity index (χ3n) is 5.88. The first kappa shape index (κ1) is 26.4. The van der Waals surface area contributed by atoms with Gasteiger partial charge in [-0.15, -0.1) is 0 Å². The Morgan fingerprint density at radius 3 is 1.11 bits per heavy atom. The van der Waals surface area contributed by atoms with Crippen LogP contribution in [0.5, 0.6) is 0 Å². The highest BCUT2D eigenvalue weighted by Crippen LogP contribution is 2.22. The van der Waals surface area contributed by atoms with Gasteiger partial charge in [-0.1, -0.05) is 129 Å². The summed E-state index contributed by atoms with van der Waals surface area (Å²) in [7, 11) is 0. The van der Waals surface area contributed by atoms with E-state index in [0.29, 0.717) is 12.8 Å². The molecule has 1 atom stereocenters. The molecule has 0 amide bonds. The Morgan fingerprint density at radius 2 is 0.852 bits per heavy atom. The summed E-state index contributed by atoms with van der Waals surface area (Å²) >= 11 is 0. The van der Waals surface area contributed by atoms with Crippen LogP contribution >= 0.6 is 0 Å². The topological polar surface area (TPSA) is 63.3 Å². The summed E-state index contributed by atoms with van der Waals surface area (Å²) in [6.07, 6.45) is 23.8. The maximum Gasteiger partial charge on any atom is 0.323 e. The zero-order valence-electron chi connectivity index (χ0n) is 18.6. The minimum Gasteiger partial charge on any atom is -0.480 e. The van der Waals surface area contributed by atoms with Gasteiger partial charge >= 0.3 is 5.97 Å². The number of nitrogens with two attached hydrogens (primary N) is 1. The summed E-state index contributed by atoms with van der Waals surface area (Å²) in [6.45, 7) is 4.49. The second kappa shape index (κ2) is 18.8. The molecule has 0 aromatic rings. The Kier molecular flexibility index (Phi) is 18.4. The minimum absolute atomic E-state index is 0.634. The fourth-order valence-corrected chi connectivity index (χ4v) is 3.84. The number of carboxylic acids is 1. The second-order valence-electron chi connectivity index (χ2n) is 8.62. The van der Waals surface area contributed by atoms with Gasteiger partial charge in [-0.05, 0) is 12.8 Å². The summed E-state index contributed by atoms with van der Waals surface area (Å²) in [6, 6.07) is 0. The normalized spacial score (nSPS) is 13.6. The molecular formula is C24H49NO2. The fraction of sp³-hybridized carbons (Fsp3) is 0.958. The van der Waals surface area contributed by atoms with Crippen LogP contribution in [-0.2, 0) is 4.79 Å². The average molecular weight is 384 g/mol. The van der Waals surface area contributed by atoms with Crippen molar-refractivity contribution < 1.29 is 9.90 Å². The molecule has 0 aromatic heterocycles. The molecule has 3 N–H and O–H groups in total. The highest BCUT2D eigenvalue weighted by atomic mass is 16.4. The summed E-state index contributed by atoms with van der Waals surface area (Å²) in [5, 5.41) is 9.55. The van der Waals surface area contributed by atoms with Gasteiger partial charge in [-0.2, -0.15) is 0 Å². The highest BCUT2D eigenvalue weighted by Gasteiger charge is 2.32. The number of aliphatic carboxylic acids is 1. The third-order valence-corrected chi connectivity index (χ3v) is 5.88. The van der Waals surface area contributed by atoms with Crippen molar-refractivity contribution in [3.05, 3.63) is 0 Å². The van der Waals surface area contributed by atoms with Gasteiger partial charge in [0.2, 0.25) is 0 Å². The van der Waals surface area contributed by atoms with E-state index in [9.17, 15) is 9.90 Å². The molecule has 3 heteroatoms. The Balaban J connectivity index is 3.68. The van der Waals surface area contributed by atoms with Crippen LogP contribution in [0.1, 0.15) is 142 Å². The van der Waals surface area contributed by atoms with E-state index in [1.807, 2.05) is 0 Å². The number of hydrogen-bond acceptors (Lipinski definition) is 2. The molecule has 0 heterocycles. The average Bonchev–Trinajstić information content (AvgIpc) is 2.65. The first-order chi connectivity index (χ1) is 13.1. The molecule has 3 nitrogen and oxygen atoms in total. The van der Waals surface area contributed by atoms with Gasteiger partial charge in [0.15, 0.2) is 0 Å². The molecule has 0 radical (unpaired) electrons. The lowest BCUT2D eigenvalue weighted by molar-refractivity contribution is -0.144. The van der Waals surface area contributed by atoms with Crippen molar-refractivity contribution in [1.29, 1.82) is 0 Å². The number of hydrogen-bond donors (Lipinski definition) is 2. The first-order valence-electron chi connectivity index (χ1n) is 12.1. The molecule has 0 bridgehead atoms. The molecule has 0 aliphatic carbocycles. The van der Waals surface area contributed by atoms with Crippen LogP contribution in [0, 0.1) is 0 Å². The van der Waals surface area contributed by atoms with Crippen molar-refractivity contribution in [2.75, 3.05) is 0 Å². The molecule has 27 heavy (non-hydrogen) atoms. The van der Waals surface area contributed by atoms with Crippen LogP contribution in [0.4, 0.5) is 0 Å². The van der Waals surface area contributed by atoms with E-state index in [4.69, 9.17) is 5.73 Å². The number of rotatable bonds is 21. The Labute approximate surface area is 169 Å². The van der Waals surface area contributed by atoms with Gasteiger partial charge in [0.05, 0.1) is 0 Å². The van der Waals surface area contributed by atoms with Crippen LogP contribution in [0.3, 0.4) is 0 Å². The molecule has 0 rings (SSSR count). The van der Waals surface area contributed by atoms with Crippen molar-refractivity contribution in [3.8, 4) is 0 Å². The van der Waals surface area contributed by atoms with Crippen LogP contribution < -0.4 is 5.73 Å². The van der Waals surface area contributed by atoms with E-state index in [1.165, 1.54) is 89.9 Å². The zero-order chi connectivity index (χ0) is 20.2. The van der Waals surface area contributed by atoms with E-state index >= 15 is 0 Å². The van der Waals surface area contributed by atoms with Crippen LogP contribution in [-0.4, -0.2) is 16.6 Å². The molecule has 0 saturated carbocycles. The van der Waals surface area contributed by atoms with E-state index < -0.39 is 11.5 Å². The molecule has 0 aliphatic heterocycles. The predicted octanol–water partition coefficient (Wildman–Crippen LogP) is 7.61. The van der Waals surface area contributed by atoms with Crippen LogP contribution in [0.2, 0.25) is 0 Å². The highest BCUT2D eigenvalue weighted by molar-refractivity contribution is 5.78. The fourth-order valence-electron chi connectivity index (χ4n) is 3.84. The second-order valence-corrected chi connectivity index (χ2v) is 8.62. The lowest BCUT2D eigenvalue weighted by atomic mass is 9.87. The molecule has 0 saturated heterocycles. The zero-order valence-corrected chi connectivity index (χ0v) is 18.6.